The lowest BCUT2D eigenvalue weighted by atomic mass is 10.7. The monoisotopic (exact) mass is 308 g/mol. The fourth-order valence-corrected chi connectivity index (χ4v) is 1.18. The fraction of sp³-hybridized carbons (Fsp3) is 0.800. The van der Waals surface area contributed by atoms with Gasteiger partial charge in [0.05, 0.1) is 13.1 Å². The molecule has 0 saturated heterocycles. The molecule has 0 aromatic carbocycles. The van der Waals surface area contributed by atoms with Crippen LogP contribution in [0.3, 0.4) is 0 Å². The average Bonchev–Trinajstić information content (AvgIpc) is 2.71. The summed E-state index contributed by atoms with van der Waals surface area (Å²) >= 11 is 0. The molecule has 0 saturated carbocycles. The van der Waals surface area contributed by atoms with Gasteiger partial charge in [-0.3, -0.25) is 0 Å². The summed E-state index contributed by atoms with van der Waals surface area (Å²) in [6, 6.07) is 0. The van der Waals surface area contributed by atoms with Crippen LogP contribution in [0.5, 0.6) is 0 Å². The Balaban J connectivity index is 2.84. The van der Waals surface area contributed by atoms with Crippen LogP contribution in [0.1, 0.15) is 0 Å². The Bertz CT molecular complexity index is 549. The summed E-state index contributed by atoms with van der Waals surface area (Å²) in [4.78, 5) is 38.4. The fourth-order valence-electron chi connectivity index (χ4n) is 1.18. The van der Waals surface area contributed by atoms with Gasteiger partial charge in [-0.2, -0.15) is 0 Å². The highest BCUT2D eigenvalue weighted by Gasteiger charge is 2.10. The Kier molecular flexibility index (Phi) is 5.47. The lowest BCUT2D eigenvalue weighted by molar-refractivity contribution is -0.758. The van der Waals surface area contributed by atoms with E-state index in [1.54, 1.807) is 0 Å². The minimum absolute atomic E-state index is 0.232. The molecular formula is C5H8N8O8. The zero-order chi connectivity index (χ0) is 15.8. The van der Waals surface area contributed by atoms with E-state index in [4.69, 9.17) is 0 Å². The molecule has 1 heterocycles. The number of hydrogen-bond acceptors (Lipinski definition) is 10. The first-order valence-electron chi connectivity index (χ1n) is 5.14. The van der Waals surface area contributed by atoms with Gasteiger partial charge in [-0.25, -0.2) is 19.5 Å². The summed E-state index contributed by atoms with van der Waals surface area (Å²) < 4.78 is 1.75. The van der Waals surface area contributed by atoms with Crippen LogP contribution in [0, 0.1) is 30.3 Å². The molecule has 116 valence electrons. The Morgan fingerprint density at radius 1 is 0.952 bits per heavy atom. The number of tetrazole rings is 1. The van der Waals surface area contributed by atoms with Crippen molar-refractivity contribution in [1.82, 2.24) is 19.8 Å². The molecule has 1 aromatic heterocycles. The summed E-state index contributed by atoms with van der Waals surface area (Å²) in [5, 5.41) is 37.2. The molecule has 0 radical (unpaired) electrons. The molecule has 0 spiro atoms. The first kappa shape index (κ1) is 15.7. The van der Waals surface area contributed by atoms with Gasteiger partial charge in [0.2, 0.25) is 0 Å². The zero-order valence-electron chi connectivity index (χ0n) is 10.2. The van der Waals surface area contributed by atoms with Crippen molar-refractivity contribution in [3.63, 3.8) is 0 Å². The third-order valence-corrected chi connectivity index (χ3v) is 1.89. The molecular weight excluding hydrogens is 300 g/mol. The van der Waals surface area contributed by atoms with Gasteiger partial charge in [0.15, 0.2) is 5.03 Å². The van der Waals surface area contributed by atoms with Crippen molar-refractivity contribution in [2.24, 2.45) is 5.10 Å². The molecule has 0 aliphatic carbocycles. The largest absolute Gasteiger partial charge is 0.317 e. The summed E-state index contributed by atoms with van der Waals surface area (Å²) in [5.74, 6) is 0. The molecule has 1 aromatic rings. The second kappa shape index (κ2) is 7.31. The standard InChI is InChI=1S/C5H8N8O8/c14-11(15)6-5-9(1-3-20-12(16)17)7-8-10(5)2-4-21-13(18)19/h1-4H2. The normalized spacial score (nSPS) is 9.90. The smallest absolute Gasteiger partial charge is 0.312 e. The molecule has 0 amide bonds. The molecule has 0 bridgehead atoms. The first-order valence-corrected chi connectivity index (χ1v) is 5.14. The second-order valence-electron chi connectivity index (χ2n) is 3.18. The number of rotatable bonds is 9. The quantitative estimate of drug-likeness (QED) is 0.349. The number of hydrogen-bond donors (Lipinski definition) is 0. The molecule has 0 fully saturated rings. The number of nitro groups is 1. The van der Waals surface area contributed by atoms with Gasteiger partial charge in [0.25, 0.3) is 10.2 Å². The minimum Gasteiger partial charge on any atom is -0.312 e. The number of nitrogens with zero attached hydrogens (tertiary/aromatic N) is 8. The van der Waals surface area contributed by atoms with Crippen LogP contribution in [-0.2, 0) is 22.8 Å². The molecule has 0 N–H and O–H groups in total. The van der Waals surface area contributed by atoms with E-state index in [-0.39, 0.29) is 18.7 Å². The summed E-state index contributed by atoms with van der Waals surface area (Å²) in [7, 11) is 0. The van der Waals surface area contributed by atoms with Crippen LogP contribution < -0.4 is 5.62 Å². The van der Waals surface area contributed by atoms with Gasteiger partial charge >= 0.3 is 5.62 Å². The molecule has 21 heavy (non-hydrogen) atoms. The van der Waals surface area contributed by atoms with Gasteiger partial charge in [0.1, 0.15) is 18.3 Å². The molecule has 0 aliphatic rings. The minimum atomic E-state index is -1.04. The van der Waals surface area contributed by atoms with Crippen LogP contribution in [-0.4, -0.2) is 48.2 Å². The first-order chi connectivity index (χ1) is 9.90. The maximum Gasteiger partial charge on any atom is 0.317 e. The third kappa shape index (κ3) is 5.44. The average molecular weight is 308 g/mol. The Morgan fingerprint density at radius 2 is 1.38 bits per heavy atom. The van der Waals surface area contributed by atoms with E-state index in [9.17, 15) is 30.3 Å². The summed E-state index contributed by atoms with van der Waals surface area (Å²) in [5.41, 5.74) is -0.376. The molecule has 0 atom stereocenters. The van der Waals surface area contributed by atoms with Crippen molar-refractivity contribution in [2.45, 2.75) is 13.1 Å². The molecule has 16 nitrogen and oxygen atoms in total. The van der Waals surface area contributed by atoms with Gasteiger partial charge < -0.3 is 9.68 Å². The van der Waals surface area contributed by atoms with E-state index < -0.39 is 28.4 Å². The molecule has 0 unspecified atom stereocenters. The Morgan fingerprint density at radius 3 is 1.71 bits per heavy atom. The van der Waals surface area contributed by atoms with Gasteiger partial charge in [0, 0.05) is 0 Å². The van der Waals surface area contributed by atoms with Crippen molar-refractivity contribution in [1.29, 1.82) is 0 Å². The van der Waals surface area contributed by atoms with Gasteiger partial charge in [-0.05, 0) is 10.4 Å². The Hall–Kier alpha value is -3.33. The predicted octanol–water partition coefficient (Wildman–Crippen LogP) is -2.41. The predicted molar refractivity (Wildman–Crippen MR) is 56.5 cm³/mol. The Labute approximate surface area is 113 Å². The van der Waals surface area contributed by atoms with E-state index in [1.807, 2.05) is 0 Å². The molecule has 16 heteroatoms. The SMILES string of the molecule is O=[N+]([O-])N=c1n(CCO[N+](=O)[O-])nnn1CCO[N+](=O)[O-]. The van der Waals surface area contributed by atoms with Crippen molar-refractivity contribution in [3.8, 4) is 0 Å². The van der Waals surface area contributed by atoms with E-state index in [2.05, 4.69) is 25.2 Å². The maximum absolute atomic E-state index is 10.4. The second-order valence-corrected chi connectivity index (χ2v) is 3.18. The van der Waals surface area contributed by atoms with Crippen LogP contribution in [0.2, 0.25) is 0 Å². The van der Waals surface area contributed by atoms with Crippen LogP contribution in [0.4, 0.5) is 0 Å². The summed E-state index contributed by atoms with van der Waals surface area (Å²) in [6.07, 6.45) is 0. The van der Waals surface area contributed by atoms with Crippen LogP contribution >= 0.6 is 0 Å². The van der Waals surface area contributed by atoms with E-state index >= 15 is 0 Å². The maximum atomic E-state index is 10.4. The van der Waals surface area contributed by atoms with Crippen molar-refractivity contribution >= 4 is 0 Å². The van der Waals surface area contributed by atoms with Crippen LogP contribution in [0.25, 0.3) is 0 Å². The zero-order valence-corrected chi connectivity index (χ0v) is 10.2. The van der Waals surface area contributed by atoms with Gasteiger partial charge in [-0.15, -0.1) is 20.2 Å². The molecule has 0 aliphatic heterocycles. The summed E-state index contributed by atoms with van der Waals surface area (Å²) in [6.45, 7) is -1.32. The lowest BCUT2D eigenvalue weighted by Crippen LogP contribution is -2.31. The van der Waals surface area contributed by atoms with E-state index in [1.165, 1.54) is 0 Å². The molecule has 1 rings (SSSR count). The highest BCUT2D eigenvalue weighted by molar-refractivity contribution is 4.55. The topological polar surface area (TPSA) is 196 Å². The third-order valence-electron chi connectivity index (χ3n) is 1.89. The van der Waals surface area contributed by atoms with Crippen LogP contribution in [0.15, 0.2) is 5.10 Å². The number of aromatic nitrogens is 4. The van der Waals surface area contributed by atoms with Gasteiger partial charge in [-0.1, -0.05) is 0 Å². The highest BCUT2D eigenvalue weighted by Crippen LogP contribution is 1.84. The van der Waals surface area contributed by atoms with E-state index in [0.717, 1.165) is 9.36 Å². The lowest BCUT2D eigenvalue weighted by Gasteiger charge is -1.99. The van der Waals surface area contributed by atoms with Crippen molar-refractivity contribution in [3.05, 3.63) is 36.0 Å². The van der Waals surface area contributed by atoms with Crippen molar-refractivity contribution < 1.29 is 24.9 Å². The van der Waals surface area contributed by atoms with Crippen molar-refractivity contribution in [2.75, 3.05) is 13.2 Å². The highest BCUT2D eigenvalue weighted by atomic mass is 17.0. The van der Waals surface area contributed by atoms with E-state index in [0.29, 0.717) is 0 Å².